The summed E-state index contributed by atoms with van der Waals surface area (Å²) in [7, 11) is 0. The quantitative estimate of drug-likeness (QED) is 0.802. The molecular formula is C15H13ClN2O3. The fraction of sp³-hybridized carbons (Fsp3) is 0.0667. The number of hydrogen-bond donors (Lipinski definition) is 3. The van der Waals surface area contributed by atoms with E-state index in [-0.39, 0.29) is 16.3 Å². The topological polar surface area (TPSA) is 78.4 Å². The smallest absolute Gasteiger partial charge is 0.337 e. The Hall–Kier alpha value is -2.53. The first kappa shape index (κ1) is 14.9. The van der Waals surface area contributed by atoms with Gasteiger partial charge in [-0.3, -0.25) is 0 Å². The summed E-state index contributed by atoms with van der Waals surface area (Å²) in [5.41, 5.74) is 1.74. The second-order valence-corrected chi connectivity index (χ2v) is 4.88. The Kier molecular flexibility index (Phi) is 4.45. The molecule has 0 saturated heterocycles. The molecule has 21 heavy (non-hydrogen) atoms. The Bertz CT molecular complexity index is 701. The monoisotopic (exact) mass is 304 g/mol. The highest BCUT2D eigenvalue weighted by Gasteiger charge is 2.13. The summed E-state index contributed by atoms with van der Waals surface area (Å²) in [5.74, 6) is -1.16. The predicted octanol–water partition coefficient (Wildman–Crippen LogP) is 3.99. The summed E-state index contributed by atoms with van der Waals surface area (Å²) in [5, 5.41) is 14.5. The van der Waals surface area contributed by atoms with Crippen LogP contribution in [0.1, 0.15) is 15.9 Å². The number of carbonyl (C=O) groups excluding carboxylic acids is 1. The standard InChI is InChI=1S/C15H13ClN2O3/c1-9-3-2-4-11(7-9)17-15(21)18-13-6-5-10(16)8-12(13)14(19)20/h2-8H,1H3,(H,19,20)(H2,17,18,21). The number of halogens is 1. The number of aromatic carboxylic acids is 1. The van der Waals surface area contributed by atoms with Crippen LogP contribution in [-0.4, -0.2) is 17.1 Å². The van der Waals surface area contributed by atoms with Crippen molar-refractivity contribution < 1.29 is 14.7 Å². The lowest BCUT2D eigenvalue weighted by Crippen LogP contribution is -2.21. The molecule has 108 valence electrons. The van der Waals surface area contributed by atoms with Crippen LogP contribution in [0.4, 0.5) is 16.2 Å². The van der Waals surface area contributed by atoms with Crippen molar-refractivity contribution in [3.63, 3.8) is 0 Å². The molecule has 5 nitrogen and oxygen atoms in total. The molecule has 2 amide bonds. The van der Waals surface area contributed by atoms with Gasteiger partial charge < -0.3 is 15.7 Å². The zero-order chi connectivity index (χ0) is 15.4. The number of nitrogens with one attached hydrogen (secondary N) is 2. The lowest BCUT2D eigenvalue weighted by Gasteiger charge is -2.10. The predicted molar refractivity (Wildman–Crippen MR) is 82.2 cm³/mol. The lowest BCUT2D eigenvalue weighted by atomic mass is 10.2. The van der Waals surface area contributed by atoms with Crippen molar-refractivity contribution in [2.24, 2.45) is 0 Å². The average Bonchev–Trinajstić information content (AvgIpc) is 2.40. The number of rotatable bonds is 3. The number of anilines is 2. The summed E-state index contributed by atoms with van der Waals surface area (Å²) in [4.78, 5) is 23.0. The zero-order valence-corrected chi connectivity index (χ0v) is 11.9. The van der Waals surface area contributed by atoms with E-state index in [1.807, 2.05) is 19.1 Å². The number of urea groups is 1. The minimum atomic E-state index is -1.16. The SMILES string of the molecule is Cc1cccc(NC(=O)Nc2ccc(Cl)cc2C(=O)O)c1. The van der Waals surface area contributed by atoms with Crippen molar-refractivity contribution >= 4 is 35.0 Å². The summed E-state index contributed by atoms with van der Waals surface area (Å²) >= 11 is 5.75. The highest BCUT2D eigenvalue weighted by Crippen LogP contribution is 2.21. The Labute approximate surface area is 126 Å². The minimum absolute atomic E-state index is 0.0677. The van der Waals surface area contributed by atoms with Crippen molar-refractivity contribution in [1.82, 2.24) is 0 Å². The first-order valence-corrected chi connectivity index (χ1v) is 6.51. The zero-order valence-electron chi connectivity index (χ0n) is 11.2. The van der Waals surface area contributed by atoms with Crippen LogP contribution in [-0.2, 0) is 0 Å². The van der Waals surface area contributed by atoms with Crippen molar-refractivity contribution in [3.05, 3.63) is 58.6 Å². The van der Waals surface area contributed by atoms with Gasteiger partial charge in [-0.1, -0.05) is 23.7 Å². The maximum atomic E-state index is 11.9. The van der Waals surface area contributed by atoms with Gasteiger partial charge in [0.2, 0.25) is 0 Å². The summed E-state index contributed by atoms with van der Waals surface area (Å²) in [6, 6.07) is 11.0. The Balaban J connectivity index is 2.15. The largest absolute Gasteiger partial charge is 0.478 e. The molecule has 0 saturated carbocycles. The van der Waals surface area contributed by atoms with Gasteiger partial charge in [0.25, 0.3) is 0 Å². The third kappa shape index (κ3) is 3.97. The molecule has 2 rings (SSSR count). The van der Waals surface area contributed by atoms with Gasteiger partial charge >= 0.3 is 12.0 Å². The number of aryl methyl sites for hydroxylation is 1. The molecule has 0 unspecified atom stereocenters. The second kappa shape index (κ2) is 6.28. The first-order chi connectivity index (χ1) is 9.95. The van der Waals surface area contributed by atoms with E-state index in [1.165, 1.54) is 18.2 Å². The van der Waals surface area contributed by atoms with Crippen LogP contribution in [0, 0.1) is 6.92 Å². The van der Waals surface area contributed by atoms with Crippen LogP contribution < -0.4 is 10.6 Å². The van der Waals surface area contributed by atoms with Gasteiger partial charge in [-0.2, -0.15) is 0 Å². The van der Waals surface area contributed by atoms with Crippen LogP contribution in [0.5, 0.6) is 0 Å². The third-order valence-electron chi connectivity index (χ3n) is 2.74. The number of carbonyl (C=O) groups is 2. The molecule has 0 aliphatic carbocycles. The van der Waals surface area contributed by atoms with Crippen molar-refractivity contribution in [2.45, 2.75) is 6.92 Å². The van der Waals surface area contributed by atoms with Gasteiger partial charge in [-0.25, -0.2) is 9.59 Å². The number of hydrogen-bond acceptors (Lipinski definition) is 2. The van der Waals surface area contributed by atoms with Crippen LogP contribution in [0.25, 0.3) is 0 Å². The second-order valence-electron chi connectivity index (χ2n) is 4.44. The van der Waals surface area contributed by atoms with E-state index >= 15 is 0 Å². The van der Waals surface area contributed by atoms with Crippen LogP contribution in [0.2, 0.25) is 5.02 Å². The molecule has 6 heteroatoms. The molecule has 0 spiro atoms. The van der Waals surface area contributed by atoms with Gasteiger partial charge in [0.15, 0.2) is 0 Å². The lowest BCUT2D eigenvalue weighted by molar-refractivity contribution is 0.0698. The summed E-state index contributed by atoms with van der Waals surface area (Å²) in [6.45, 7) is 1.91. The van der Waals surface area contributed by atoms with Gasteiger partial charge in [0, 0.05) is 10.7 Å². The minimum Gasteiger partial charge on any atom is -0.478 e. The number of carboxylic acid groups (broad SMARTS) is 1. The highest BCUT2D eigenvalue weighted by molar-refractivity contribution is 6.31. The van der Waals surface area contributed by atoms with Gasteiger partial charge in [-0.15, -0.1) is 0 Å². The molecule has 0 bridgehead atoms. The highest BCUT2D eigenvalue weighted by atomic mass is 35.5. The Morgan fingerprint density at radius 3 is 2.52 bits per heavy atom. The van der Waals surface area contributed by atoms with E-state index in [2.05, 4.69) is 10.6 Å². The Morgan fingerprint density at radius 1 is 1.10 bits per heavy atom. The normalized spacial score (nSPS) is 10.0. The molecule has 2 aromatic rings. The molecule has 0 radical (unpaired) electrons. The summed E-state index contributed by atoms with van der Waals surface area (Å²) < 4.78 is 0. The maximum Gasteiger partial charge on any atom is 0.337 e. The van der Waals surface area contributed by atoms with Crippen molar-refractivity contribution in [3.8, 4) is 0 Å². The van der Waals surface area contributed by atoms with Crippen molar-refractivity contribution in [1.29, 1.82) is 0 Å². The number of amides is 2. The first-order valence-electron chi connectivity index (χ1n) is 6.13. The van der Waals surface area contributed by atoms with E-state index in [0.29, 0.717) is 5.69 Å². The van der Waals surface area contributed by atoms with Crippen LogP contribution in [0.15, 0.2) is 42.5 Å². The van der Waals surface area contributed by atoms with Gasteiger partial charge in [-0.05, 0) is 42.8 Å². The van der Waals surface area contributed by atoms with Gasteiger partial charge in [0.05, 0.1) is 11.3 Å². The molecule has 3 N–H and O–H groups in total. The van der Waals surface area contributed by atoms with E-state index in [4.69, 9.17) is 16.7 Å². The summed E-state index contributed by atoms with van der Waals surface area (Å²) in [6.07, 6.45) is 0. The molecule has 0 aliphatic heterocycles. The van der Waals surface area contributed by atoms with Gasteiger partial charge in [0.1, 0.15) is 0 Å². The fourth-order valence-electron chi connectivity index (χ4n) is 1.81. The molecule has 2 aromatic carbocycles. The van der Waals surface area contributed by atoms with Crippen LogP contribution >= 0.6 is 11.6 Å². The number of benzene rings is 2. The number of carboxylic acids is 1. The van der Waals surface area contributed by atoms with E-state index in [9.17, 15) is 9.59 Å². The van der Waals surface area contributed by atoms with E-state index in [1.54, 1.807) is 12.1 Å². The molecule has 0 atom stereocenters. The fourth-order valence-corrected chi connectivity index (χ4v) is 1.98. The molecule has 0 heterocycles. The molecular weight excluding hydrogens is 292 g/mol. The van der Waals surface area contributed by atoms with Crippen molar-refractivity contribution in [2.75, 3.05) is 10.6 Å². The van der Waals surface area contributed by atoms with E-state index < -0.39 is 12.0 Å². The molecule has 0 aliphatic rings. The van der Waals surface area contributed by atoms with Crippen LogP contribution in [0.3, 0.4) is 0 Å². The van der Waals surface area contributed by atoms with E-state index in [0.717, 1.165) is 5.56 Å². The molecule has 0 aromatic heterocycles. The Morgan fingerprint density at radius 2 is 1.86 bits per heavy atom. The third-order valence-corrected chi connectivity index (χ3v) is 2.97. The molecule has 0 fully saturated rings. The maximum absolute atomic E-state index is 11.9. The average molecular weight is 305 g/mol.